The molecule has 0 radical (unpaired) electrons. The second kappa shape index (κ2) is 5.57. The van der Waals surface area contributed by atoms with E-state index in [1.54, 1.807) is 0 Å². The van der Waals surface area contributed by atoms with E-state index in [0.717, 1.165) is 11.3 Å². The third-order valence-corrected chi connectivity index (χ3v) is 2.72. The largest absolute Gasteiger partial charge is 0.490 e. The summed E-state index contributed by atoms with van der Waals surface area (Å²) in [4.78, 5) is 0. The third-order valence-electron chi connectivity index (χ3n) is 2.72. The monoisotopic (exact) mass is 236 g/mol. The molecule has 3 N–H and O–H groups in total. The van der Waals surface area contributed by atoms with Crippen LogP contribution in [-0.2, 0) is 0 Å². The van der Waals surface area contributed by atoms with Crippen LogP contribution in [0.25, 0.3) is 0 Å². The van der Waals surface area contributed by atoms with Crippen molar-refractivity contribution in [3.8, 4) is 5.75 Å². The first-order valence-electron chi connectivity index (χ1n) is 5.65. The van der Waals surface area contributed by atoms with E-state index in [-0.39, 0.29) is 11.9 Å². The Kier molecular flexibility index (Phi) is 4.37. The number of ether oxygens (including phenoxy) is 1. The normalized spacial score (nSPS) is 13.5. The molecule has 1 aromatic rings. The van der Waals surface area contributed by atoms with Crippen LogP contribution < -0.4 is 10.5 Å². The van der Waals surface area contributed by atoms with Gasteiger partial charge in [-0.2, -0.15) is 0 Å². The minimum Gasteiger partial charge on any atom is -0.490 e. The van der Waals surface area contributed by atoms with Gasteiger partial charge in [-0.3, -0.25) is 0 Å². The molecule has 1 atom stereocenters. The summed E-state index contributed by atoms with van der Waals surface area (Å²) in [5.41, 5.74) is 8.94. The van der Waals surface area contributed by atoms with E-state index >= 15 is 0 Å². The van der Waals surface area contributed by atoms with Gasteiger partial charge in [-0.1, -0.05) is 11.2 Å². The van der Waals surface area contributed by atoms with Crippen LogP contribution in [0.4, 0.5) is 0 Å². The highest BCUT2D eigenvalue weighted by atomic mass is 16.5. The summed E-state index contributed by atoms with van der Waals surface area (Å²) in [6.07, 6.45) is 0.286. The third kappa shape index (κ3) is 3.66. The number of hydrogen-bond acceptors (Lipinski definition) is 3. The first-order chi connectivity index (χ1) is 7.93. The molecule has 0 spiro atoms. The lowest BCUT2D eigenvalue weighted by molar-refractivity contribution is 0.225. The predicted molar refractivity (Wildman–Crippen MR) is 68.8 cm³/mol. The average molecular weight is 236 g/mol. The molecule has 94 valence electrons. The topological polar surface area (TPSA) is 67.8 Å². The van der Waals surface area contributed by atoms with E-state index in [4.69, 9.17) is 15.7 Å². The van der Waals surface area contributed by atoms with Crippen molar-refractivity contribution in [2.24, 2.45) is 10.9 Å². The highest BCUT2D eigenvalue weighted by Crippen LogP contribution is 2.24. The van der Waals surface area contributed by atoms with Gasteiger partial charge in [0.15, 0.2) is 0 Å². The number of aryl methyl sites for hydroxylation is 2. The van der Waals surface area contributed by atoms with Gasteiger partial charge < -0.3 is 15.7 Å². The Labute approximate surface area is 102 Å². The van der Waals surface area contributed by atoms with Gasteiger partial charge >= 0.3 is 0 Å². The van der Waals surface area contributed by atoms with E-state index in [0.29, 0.717) is 6.42 Å². The van der Waals surface area contributed by atoms with Gasteiger partial charge in [0, 0.05) is 6.42 Å². The number of amidine groups is 1. The lowest BCUT2D eigenvalue weighted by atomic mass is 10.1. The van der Waals surface area contributed by atoms with Crippen molar-refractivity contribution in [3.05, 3.63) is 28.8 Å². The molecule has 0 heterocycles. The quantitative estimate of drug-likeness (QED) is 0.365. The summed E-state index contributed by atoms with van der Waals surface area (Å²) in [5, 5.41) is 11.4. The van der Waals surface area contributed by atoms with Crippen molar-refractivity contribution in [3.63, 3.8) is 0 Å². The second-order valence-corrected chi connectivity index (χ2v) is 4.43. The Bertz CT molecular complexity index is 428. The van der Waals surface area contributed by atoms with Crippen molar-refractivity contribution in [1.29, 1.82) is 0 Å². The van der Waals surface area contributed by atoms with Crippen LogP contribution in [0.1, 0.15) is 30.0 Å². The van der Waals surface area contributed by atoms with Gasteiger partial charge in [0.25, 0.3) is 0 Å². The zero-order valence-electron chi connectivity index (χ0n) is 10.8. The fraction of sp³-hybridized carbons (Fsp3) is 0.462. The number of hydrogen-bond donors (Lipinski definition) is 2. The van der Waals surface area contributed by atoms with Crippen molar-refractivity contribution in [2.75, 3.05) is 0 Å². The van der Waals surface area contributed by atoms with Crippen LogP contribution in [0, 0.1) is 20.8 Å². The summed E-state index contributed by atoms with van der Waals surface area (Å²) >= 11 is 0. The van der Waals surface area contributed by atoms with Crippen molar-refractivity contribution < 1.29 is 9.94 Å². The van der Waals surface area contributed by atoms with Gasteiger partial charge in [-0.25, -0.2) is 0 Å². The molecular weight excluding hydrogens is 216 g/mol. The molecule has 0 saturated heterocycles. The van der Waals surface area contributed by atoms with Crippen molar-refractivity contribution in [2.45, 2.75) is 40.2 Å². The zero-order valence-corrected chi connectivity index (χ0v) is 10.8. The fourth-order valence-corrected chi connectivity index (χ4v) is 1.72. The van der Waals surface area contributed by atoms with E-state index < -0.39 is 0 Å². The van der Waals surface area contributed by atoms with E-state index in [1.807, 2.05) is 26.8 Å². The SMILES string of the molecule is Cc1cc(C)c(C)c(OC(C)CC(N)=NO)c1. The Morgan fingerprint density at radius 3 is 2.65 bits per heavy atom. The molecule has 0 bridgehead atoms. The maximum absolute atomic E-state index is 8.50. The summed E-state index contributed by atoms with van der Waals surface area (Å²) in [5.74, 6) is 1.04. The number of nitrogens with zero attached hydrogens (tertiary/aromatic N) is 1. The number of rotatable bonds is 4. The van der Waals surface area contributed by atoms with Gasteiger partial charge in [-0.15, -0.1) is 0 Å². The Balaban J connectivity index is 2.81. The highest BCUT2D eigenvalue weighted by Gasteiger charge is 2.10. The maximum atomic E-state index is 8.50. The summed E-state index contributed by atoms with van der Waals surface area (Å²) in [7, 11) is 0. The molecule has 0 fully saturated rings. The summed E-state index contributed by atoms with van der Waals surface area (Å²) < 4.78 is 5.81. The minimum atomic E-state index is -0.120. The molecule has 0 aliphatic heterocycles. The van der Waals surface area contributed by atoms with Crippen LogP contribution in [0.15, 0.2) is 17.3 Å². The maximum Gasteiger partial charge on any atom is 0.142 e. The zero-order chi connectivity index (χ0) is 13.0. The van der Waals surface area contributed by atoms with Crippen LogP contribution >= 0.6 is 0 Å². The molecule has 1 unspecified atom stereocenters. The number of benzene rings is 1. The molecule has 1 rings (SSSR count). The summed E-state index contributed by atoms with van der Waals surface area (Å²) in [6, 6.07) is 4.13. The molecule has 4 heteroatoms. The Morgan fingerprint density at radius 2 is 2.06 bits per heavy atom. The molecule has 0 aromatic heterocycles. The van der Waals surface area contributed by atoms with Crippen molar-refractivity contribution >= 4 is 5.84 Å². The number of nitrogens with two attached hydrogens (primary N) is 1. The number of oxime groups is 1. The first kappa shape index (κ1) is 13.4. The second-order valence-electron chi connectivity index (χ2n) is 4.43. The van der Waals surface area contributed by atoms with E-state index in [2.05, 4.69) is 18.1 Å². The van der Waals surface area contributed by atoms with Gasteiger partial charge in [0.1, 0.15) is 17.7 Å². The molecule has 0 saturated carbocycles. The highest BCUT2D eigenvalue weighted by molar-refractivity contribution is 5.80. The van der Waals surface area contributed by atoms with Crippen LogP contribution in [0.2, 0.25) is 0 Å². The summed E-state index contributed by atoms with van der Waals surface area (Å²) in [6.45, 7) is 8.02. The predicted octanol–water partition coefficient (Wildman–Crippen LogP) is 2.52. The standard InChI is InChI=1S/C13H20N2O2/c1-8-5-9(2)11(4)12(6-8)17-10(3)7-13(14)15-16/h5-6,10,16H,7H2,1-4H3,(H2,14,15). The van der Waals surface area contributed by atoms with E-state index in [1.165, 1.54) is 11.1 Å². The molecular formula is C13H20N2O2. The first-order valence-corrected chi connectivity index (χ1v) is 5.65. The van der Waals surface area contributed by atoms with Gasteiger partial charge in [0.2, 0.25) is 0 Å². The van der Waals surface area contributed by atoms with Gasteiger partial charge in [-0.05, 0) is 50.5 Å². The molecule has 0 amide bonds. The minimum absolute atomic E-state index is 0.120. The Hall–Kier alpha value is -1.71. The smallest absolute Gasteiger partial charge is 0.142 e. The van der Waals surface area contributed by atoms with Crippen LogP contribution in [0.3, 0.4) is 0 Å². The lowest BCUT2D eigenvalue weighted by Crippen LogP contribution is -2.23. The average Bonchev–Trinajstić information content (AvgIpc) is 2.24. The molecule has 17 heavy (non-hydrogen) atoms. The molecule has 1 aromatic carbocycles. The van der Waals surface area contributed by atoms with E-state index in [9.17, 15) is 0 Å². The van der Waals surface area contributed by atoms with Gasteiger partial charge in [0.05, 0.1) is 0 Å². The molecule has 0 aliphatic rings. The molecule has 0 aliphatic carbocycles. The molecule has 4 nitrogen and oxygen atoms in total. The Morgan fingerprint density at radius 1 is 1.41 bits per heavy atom. The lowest BCUT2D eigenvalue weighted by Gasteiger charge is -2.17. The fourth-order valence-electron chi connectivity index (χ4n) is 1.72. The van der Waals surface area contributed by atoms with Crippen LogP contribution in [0.5, 0.6) is 5.75 Å². The van der Waals surface area contributed by atoms with Crippen molar-refractivity contribution in [1.82, 2.24) is 0 Å². The van der Waals surface area contributed by atoms with Crippen LogP contribution in [-0.4, -0.2) is 17.1 Å².